The van der Waals surface area contributed by atoms with Crippen LogP contribution in [0.2, 0.25) is 0 Å². The lowest BCUT2D eigenvalue weighted by Crippen LogP contribution is -2.39. The summed E-state index contributed by atoms with van der Waals surface area (Å²) in [5.41, 5.74) is 3.03. The Kier molecular flexibility index (Phi) is 7.39. The minimum atomic E-state index is 0.0881. The van der Waals surface area contributed by atoms with Gasteiger partial charge in [0.15, 0.2) is 0 Å². The molecule has 0 radical (unpaired) electrons. The van der Waals surface area contributed by atoms with Crippen LogP contribution in [0.4, 0.5) is 11.5 Å². The molecule has 1 atom stereocenters. The van der Waals surface area contributed by atoms with Crippen LogP contribution in [0.15, 0.2) is 30.3 Å². The topological polar surface area (TPSA) is 64.6 Å². The first-order valence-corrected chi connectivity index (χ1v) is 10.7. The van der Waals surface area contributed by atoms with Gasteiger partial charge in [-0.2, -0.15) is 0 Å². The van der Waals surface area contributed by atoms with Gasteiger partial charge in [0.2, 0.25) is 5.91 Å². The van der Waals surface area contributed by atoms with Crippen LogP contribution in [0.3, 0.4) is 0 Å². The molecule has 1 aliphatic rings. The Morgan fingerprint density at radius 2 is 2.00 bits per heavy atom. The molecule has 1 N–H and O–H groups in total. The van der Waals surface area contributed by atoms with Gasteiger partial charge in [0.25, 0.3) is 0 Å². The number of hydrogen-bond donors (Lipinski definition) is 1. The van der Waals surface area contributed by atoms with Crippen LogP contribution in [0, 0.1) is 6.92 Å². The van der Waals surface area contributed by atoms with Gasteiger partial charge in [-0.25, -0.2) is 9.97 Å². The Morgan fingerprint density at radius 3 is 2.63 bits per heavy atom. The fraction of sp³-hybridized carbons (Fsp3) is 0.522. The van der Waals surface area contributed by atoms with Crippen molar-refractivity contribution in [2.75, 3.05) is 50.6 Å². The van der Waals surface area contributed by atoms with Crippen molar-refractivity contribution in [1.82, 2.24) is 20.2 Å². The summed E-state index contributed by atoms with van der Waals surface area (Å²) in [5, 5.41) is 3.48. The lowest BCUT2D eigenvalue weighted by molar-refractivity contribution is -0.119. The molecule has 162 valence electrons. The minimum absolute atomic E-state index is 0.0881. The van der Waals surface area contributed by atoms with E-state index in [1.165, 1.54) is 0 Å². The molecule has 1 fully saturated rings. The second-order valence-corrected chi connectivity index (χ2v) is 8.27. The molecule has 0 saturated carbocycles. The number of likely N-dealkylation sites (N-methyl/N-ethyl adjacent to an activating group) is 2. The fourth-order valence-corrected chi connectivity index (χ4v) is 3.82. The SMILES string of the molecule is CCN(C(=O)CN(C)Cc1cc(N(C)C)nc([C@H]2CCCN2)n1)c1cccc(C)c1. The highest BCUT2D eigenvalue weighted by molar-refractivity contribution is 5.94. The van der Waals surface area contributed by atoms with Gasteiger partial charge >= 0.3 is 0 Å². The molecule has 30 heavy (non-hydrogen) atoms. The highest BCUT2D eigenvalue weighted by atomic mass is 16.2. The Morgan fingerprint density at radius 1 is 1.20 bits per heavy atom. The van der Waals surface area contributed by atoms with Crippen molar-refractivity contribution in [3.05, 3.63) is 47.4 Å². The van der Waals surface area contributed by atoms with E-state index < -0.39 is 0 Å². The molecule has 0 bridgehead atoms. The Balaban J connectivity index is 1.71. The average molecular weight is 411 g/mol. The van der Waals surface area contributed by atoms with Crippen molar-refractivity contribution in [3.8, 4) is 0 Å². The number of nitrogens with zero attached hydrogens (tertiary/aromatic N) is 5. The number of carbonyl (C=O) groups excluding carboxylic acids is 1. The normalized spacial score (nSPS) is 16.1. The van der Waals surface area contributed by atoms with Gasteiger partial charge < -0.3 is 15.1 Å². The average Bonchev–Trinajstić information content (AvgIpc) is 3.23. The number of aryl methyl sites for hydroxylation is 1. The van der Waals surface area contributed by atoms with Crippen LogP contribution >= 0.6 is 0 Å². The number of rotatable bonds is 8. The van der Waals surface area contributed by atoms with E-state index in [0.29, 0.717) is 19.6 Å². The quantitative estimate of drug-likeness (QED) is 0.722. The molecule has 2 heterocycles. The Hall–Kier alpha value is -2.51. The second-order valence-electron chi connectivity index (χ2n) is 8.27. The van der Waals surface area contributed by atoms with Gasteiger partial charge in [-0.1, -0.05) is 12.1 Å². The number of hydrogen-bond acceptors (Lipinski definition) is 6. The molecule has 1 aromatic carbocycles. The first kappa shape index (κ1) is 22.2. The lowest BCUT2D eigenvalue weighted by atomic mass is 10.2. The van der Waals surface area contributed by atoms with Crippen LogP contribution in [-0.2, 0) is 11.3 Å². The zero-order chi connectivity index (χ0) is 21.7. The number of anilines is 2. The Labute approximate surface area is 180 Å². The molecule has 3 rings (SSSR count). The number of amides is 1. The molecule has 1 aromatic heterocycles. The van der Waals surface area contributed by atoms with Crippen molar-refractivity contribution in [2.45, 2.75) is 39.3 Å². The van der Waals surface area contributed by atoms with Crippen molar-refractivity contribution in [1.29, 1.82) is 0 Å². The van der Waals surface area contributed by atoms with Crippen LogP contribution in [0.5, 0.6) is 0 Å². The van der Waals surface area contributed by atoms with Crippen LogP contribution in [-0.4, -0.2) is 61.6 Å². The van der Waals surface area contributed by atoms with E-state index in [0.717, 1.165) is 48.0 Å². The molecule has 0 spiro atoms. The third-order valence-electron chi connectivity index (χ3n) is 5.38. The second kappa shape index (κ2) is 10.00. The van der Waals surface area contributed by atoms with Gasteiger partial charge in [-0.05, 0) is 58.0 Å². The van der Waals surface area contributed by atoms with E-state index in [9.17, 15) is 4.79 Å². The summed E-state index contributed by atoms with van der Waals surface area (Å²) in [6.45, 7) is 6.64. The van der Waals surface area contributed by atoms with E-state index >= 15 is 0 Å². The lowest BCUT2D eigenvalue weighted by Gasteiger charge is -2.25. The van der Waals surface area contributed by atoms with E-state index in [2.05, 4.69) is 11.4 Å². The maximum absolute atomic E-state index is 13.0. The Bertz CT molecular complexity index is 863. The van der Waals surface area contributed by atoms with Gasteiger partial charge in [-0.15, -0.1) is 0 Å². The van der Waals surface area contributed by atoms with Crippen molar-refractivity contribution in [3.63, 3.8) is 0 Å². The maximum atomic E-state index is 13.0. The van der Waals surface area contributed by atoms with E-state index in [1.54, 1.807) is 0 Å². The summed E-state index contributed by atoms with van der Waals surface area (Å²) in [4.78, 5) is 28.4. The number of nitrogens with one attached hydrogen (secondary N) is 1. The third kappa shape index (κ3) is 5.55. The van der Waals surface area contributed by atoms with Gasteiger partial charge in [0.05, 0.1) is 18.3 Å². The van der Waals surface area contributed by atoms with Crippen molar-refractivity contribution in [2.24, 2.45) is 0 Å². The standard InChI is InChI=1S/C23H34N6O/c1-6-29(19-10-7-9-17(2)13-19)22(30)16-28(5)15-18-14-21(27(3)4)26-23(25-18)20-11-8-12-24-20/h7,9-10,13-14,20,24H,6,8,11-12,15-16H2,1-5H3/t20-/m1/s1. The van der Waals surface area contributed by atoms with Crippen LogP contribution < -0.4 is 15.1 Å². The zero-order valence-electron chi connectivity index (χ0n) is 18.9. The molecule has 7 nitrogen and oxygen atoms in total. The van der Waals surface area contributed by atoms with Gasteiger partial charge in [0, 0.05) is 38.9 Å². The molecule has 2 aromatic rings. The largest absolute Gasteiger partial charge is 0.363 e. The van der Waals surface area contributed by atoms with Crippen molar-refractivity contribution < 1.29 is 4.79 Å². The predicted molar refractivity (Wildman–Crippen MR) is 122 cm³/mol. The molecule has 1 amide bonds. The molecule has 7 heteroatoms. The summed E-state index contributed by atoms with van der Waals surface area (Å²) < 4.78 is 0. The third-order valence-corrected chi connectivity index (χ3v) is 5.38. The first-order valence-electron chi connectivity index (χ1n) is 10.7. The minimum Gasteiger partial charge on any atom is -0.363 e. The maximum Gasteiger partial charge on any atom is 0.241 e. The highest BCUT2D eigenvalue weighted by Gasteiger charge is 2.22. The van der Waals surface area contributed by atoms with E-state index in [4.69, 9.17) is 9.97 Å². The zero-order valence-corrected chi connectivity index (χ0v) is 18.9. The predicted octanol–water partition coefficient (Wildman–Crippen LogP) is 2.76. The highest BCUT2D eigenvalue weighted by Crippen LogP contribution is 2.23. The fourth-order valence-electron chi connectivity index (χ4n) is 3.82. The van der Waals surface area contributed by atoms with E-state index in [-0.39, 0.29) is 11.9 Å². The summed E-state index contributed by atoms with van der Waals surface area (Å²) in [7, 11) is 5.95. The summed E-state index contributed by atoms with van der Waals surface area (Å²) in [5.74, 6) is 1.84. The number of carbonyl (C=O) groups is 1. The smallest absolute Gasteiger partial charge is 0.241 e. The van der Waals surface area contributed by atoms with Gasteiger partial charge in [0.1, 0.15) is 11.6 Å². The molecular formula is C23H34N6O. The van der Waals surface area contributed by atoms with E-state index in [1.807, 2.05) is 74.0 Å². The van der Waals surface area contributed by atoms with Crippen molar-refractivity contribution >= 4 is 17.4 Å². The summed E-state index contributed by atoms with van der Waals surface area (Å²) >= 11 is 0. The summed E-state index contributed by atoms with van der Waals surface area (Å²) in [6, 6.07) is 10.3. The molecular weight excluding hydrogens is 376 g/mol. The number of aromatic nitrogens is 2. The summed E-state index contributed by atoms with van der Waals surface area (Å²) in [6.07, 6.45) is 2.21. The molecule has 1 aliphatic heterocycles. The molecule has 0 aliphatic carbocycles. The molecule has 0 unspecified atom stereocenters. The van der Waals surface area contributed by atoms with Gasteiger partial charge in [-0.3, -0.25) is 9.69 Å². The van der Waals surface area contributed by atoms with Crippen LogP contribution in [0.25, 0.3) is 0 Å². The number of benzene rings is 1. The monoisotopic (exact) mass is 410 g/mol. The first-order chi connectivity index (χ1) is 14.4. The molecule has 1 saturated heterocycles. The van der Waals surface area contributed by atoms with Crippen LogP contribution in [0.1, 0.15) is 42.9 Å².